The summed E-state index contributed by atoms with van der Waals surface area (Å²) in [5, 5.41) is 11.9. The van der Waals surface area contributed by atoms with Crippen LogP contribution in [-0.4, -0.2) is 25.5 Å². The number of carbonyl (C=O) groups excluding carboxylic acids is 2. The molecular formula is C22H21N3O3. The first-order chi connectivity index (χ1) is 13.6. The third-order valence-electron chi connectivity index (χ3n) is 5.48. The highest BCUT2D eigenvalue weighted by Crippen LogP contribution is 2.32. The molecule has 6 nitrogen and oxygen atoms in total. The van der Waals surface area contributed by atoms with E-state index >= 15 is 0 Å². The molecule has 0 saturated carbocycles. The van der Waals surface area contributed by atoms with Crippen LogP contribution in [0.2, 0.25) is 0 Å². The molecule has 0 aromatic heterocycles. The first-order valence-corrected chi connectivity index (χ1v) is 9.40. The predicted molar refractivity (Wildman–Crippen MR) is 105 cm³/mol. The maximum Gasteiger partial charge on any atom is 0.229 e. The quantitative estimate of drug-likeness (QED) is 0.890. The van der Waals surface area contributed by atoms with Crippen molar-refractivity contribution in [1.82, 2.24) is 0 Å². The molecule has 1 aliphatic heterocycles. The molecule has 2 amide bonds. The Morgan fingerprint density at radius 3 is 2.82 bits per heavy atom. The second kappa shape index (κ2) is 7.35. The Hall–Kier alpha value is -3.33. The average molecular weight is 375 g/mol. The van der Waals surface area contributed by atoms with Crippen molar-refractivity contribution >= 4 is 23.2 Å². The van der Waals surface area contributed by atoms with Crippen LogP contribution in [0.5, 0.6) is 5.75 Å². The molecule has 1 saturated heterocycles. The van der Waals surface area contributed by atoms with Crippen molar-refractivity contribution in [2.45, 2.75) is 25.7 Å². The second-order valence-corrected chi connectivity index (χ2v) is 7.23. The third kappa shape index (κ3) is 3.31. The highest BCUT2D eigenvalue weighted by atomic mass is 16.5. The van der Waals surface area contributed by atoms with Gasteiger partial charge in [-0.15, -0.1) is 0 Å². The van der Waals surface area contributed by atoms with E-state index in [1.54, 1.807) is 23.1 Å². The molecule has 4 rings (SSSR count). The second-order valence-electron chi connectivity index (χ2n) is 7.23. The van der Waals surface area contributed by atoms with Gasteiger partial charge in [0.15, 0.2) is 0 Å². The van der Waals surface area contributed by atoms with Crippen molar-refractivity contribution in [3.8, 4) is 11.8 Å². The lowest BCUT2D eigenvalue weighted by Gasteiger charge is -2.18. The molecule has 1 N–H and O–H groups in total. The maximum atomic E-state index is 12.8. The normalized spacial score (nSPS) is 17.9. The highest BCUT2D eigenvalue weighted by Gasteiger charge is 2.35. The minimum absolute atomic E-state index is 0.0455. The Morgan fingerprint density at radius 2 is 2.04 bits per heavy atom. The van der Waals surface area contributed by atoms with Crippen LogP contribution >= 0.6 is 0 Å². The SMILES string of the molecule is COc1ccc(C#N)cc1NC(=O)C1CC(=O)N(c2ccc3c(c2)CCC3)C1. The first-order valence-electron chi connectivity index (χ1n) is 9.40. The predicted octanol–water partition coefficient (Wildman–Crippen LogP) is 3.05. The van der Waals surface area contributed by atoms with Gasteiger partial charge < -0.3 is 15.0 Å². The minimum Gasteiger partial charge on any atom is -0.495 e. The summed E-state index contributed by atoms with van der Waals surface area (Å²) in [5.41, 5.74) is 4.39. The van der Waals surface area contributed by atoms with Gasteiger partial charge in [-0.1, -0.05) is 6.07 Å². The number of amides is 2. The van der Waals surface area contributed by atoms with Crippen LogP contribution in [0.15, 0.2) is 36.4 Å². The van der Waals surface area contributed by atoms with E-state index in [9.17, 15) is 9.59 Å². The molecule has 0 spiro atoms. The molecule has 1 heterocycles. The minimum atomic E-state index is -0.448. The molecule has 28 heavy (non-hydrogen) atoms. The van der Waals surface area contributed by atoms with Gasteiger partial charge in [0, 0.05) is 18.7 Å². The smallest absolute Gasteiger partial charge is 0.229 e. The summed E-state index contributed by atoms with van der Waals surface area (Å²) < 4.78 is 5.26. The van der Waals surface area contributed by atoms with Gasteiger partial charge >= 0.3 is 0 Å². The monoisotopic (exact) mass is 375 g/mol. The summed E-state index contributed by atoms with van der Waals surface area (Å²) >= 11 is 0. The number of ether oxygens (including phenoxy) is 1. The number of nitrogens with one attached hydrogen (secondary N) is 1. The number of nitriles is 1. The lowest BCUT2D eigenvalue weighted by Crippen LogP contribution is -2.28. The van der Waals surface area contributed by atoms with Gasteiger partial charge in [-0.25, -0.2) is 0 Å². The summed E-state index contributed by atoms with van der Waals surface area (Å²) in [5.74, 6) is -0.260. The van der Waals surface area contributed by atoms with E-state index < -0.39 is 5.92 Å². The van der Waals surface area contributed by atoms with E-state index in [-0.39, 0.29) is 18.2 Å². The van der Waals surface area contributed by atoms with Gasteiger partial charge in [0.05, 0.1) is 30.3 Å². The van der Waals surface area contributed by atoms with Gasteiger partial charge in [-0.2, -0.15) is 5.26 Å². The molecule has 2 aromatic carbocycles. The zero-order valence-corrected chi connectivity index (χ0v) is 15.7. The van der Waals surface area contributed by atoms with Crippen LogP contribution in [0.1, 0.15) is 29.5 Å². The number of fused-ring (bicyclic) bond motifs is 1. The molecule has 1 unspecified atom stereocenters. The molecule has 1 fully saturated rings. The lowest BCUT2D eigenvalue weighted by molar-refractivity contribution is -0.122. The van der Waals surface area contributed by atoms with Crippen LogP contribution in [0, 0.1) is 17.2 Å². The van der Waals surface area contributed by atoms with E-state index in [2.05, 4.69) is 17.4 Å². The molecule has 1 atom stereocenters. The fourth-order valence-corrected chi connectivity index (χ4v) is 3.97. The number of nitrogens with zero attached hydrogens (tertiary/aromatic N) is 2. The molecule has 2 aromatic rings. The Bertz CT molecular complexity index is 993. The van der Waals surface area contributed by atoms with Crippen LogP contribution in [0.25, 0.3) is 0 Å². The number of methoxy groups -OCH3 is 1. The van der Waals surface area contributed by atoms with E-state index in [1.807, 2.05) is 12.1 Å². The number of rotatable bonds is 4. The van der Waals surface area contributed by atoms with Crippen molar-refractivity contribution in [1.29, 1.82) is 5.26 Å². The maximum absolute atomic E-state index is 12.8. The zero-order valence-electron chi connectivity index (χ0n) is 15.7. The topological polar surface area (TPSA) is 82.4 Å². The number of benzene rings is 2. The molecule has 142 valence electrons. The summed E-state index contributed by atoms with van der Waals surface area (Å²) in [6, 6.07) is 13.0. The fourth-order valence-electron chi connectivity index (χ4n) is 3.97. The number of carbonyl (C=O) groups is 2. The Labute approximate surface area is 163 Å². The molecule has 0 bridgehead atoms. The van der Waals surface area contributed by atoms with Gasteiger partial charge in [0.2, 0.25) is 11.8 Å². The Morgan fingerprint density at radius 1 is 1.21 bits per heavy atom. The largest absolute Gasteiger partial charge is 0.495 e. The lowest BCUT2D eigenvalue weighted by atomic mass is 10.1. The zero-order chi connectivity index (χ0) is 19.7. The number of anilines is 2. The van der Waals surface area contributed by atoms with Gasteiger partial charge in [-0.05, 0) is 60.7 Å². The Kier molecular flexibility index (Phi) is 4.74. The number of hydrogen-bond donors (Lipinski definition) is 1. The van der Waals surface area contributed by atoms with Crippen LogP contribution in [0.4, 0.5) is 11.4 Å². The van der Waals surface area contributed by atoms with E-state index in [1.165, 1.54) is 18.2 Å². The van der Waals surface area contributed by atoms with Crippen LogP contribution in [0.3, 0.4) is 0 Å². The third-order valence-corrected chi connectivity index (χ3v) is 5.48. The summed E-state index contributed by atoms with van der Waals surface area (Å²) in [7, 11) is 1.51. The van der Waals surface area contributed by atoms with Crippen molar-refractivity contribution in [2.75, 3.05) is 23.9 Å². The standard InChI is InChI=1S/C22H21N3O3/c1-28-20-8-5-14(12-23)9-19(20)24-22(27)17-11-21(26)25(13-17)18-7-6-15-3-2-4-16(15)10-18/h5-10,17H,2-4,11,13H2,1H3,(H,24,27). The van der Waals surface area contributed by atoms with Crippen molar-refractivity contribution in [3.63, 3.8) is 0 Å². The van der Waals surface area contributed by atoms with Crippen molar-refractivity contribution in [3.05, 3.63) is 53.1 Å². The van der Waals surface area contributed by atoms with E-state index in [4.69, 9.17) is 10.00 Å². The summed E-state index contributed by atoms with van der Waals surface area (Å²) in [6.07, 6.45) is 3.47. The van der Waals surface area contributed by atoms with E-state index in [0.717, 1.165) is 24.9 Å². The van der Waals surface area contributed by atoms with Crippen molar-refractivity contribution in [2.24, 2.45) is 5.92 Å². The Balaban J connectivity index is 1.50. The molecule has 1 aliphatic carbocycles. The summed E-state index contributed by atoms with van der Waals surface area (Å²) in [6.45, 7) is 0.351. The molecule has 6 heteroatoms. The summed E-state index contributed by atoms with van der Waals surface area (Å²) in [4.78, 5) is 27.0. The van der Waals surface area contributed by atoms with Gasteiger partial charge in [-0.3, -0.25) is 9.59 Å². The molecule has 2 aliphatic rings. The molecular weight excluding hydrogens is 354 g/mol. The van der Waals surface area contributed by atoms with Crippen LogP contribution in [-0.2, 0) is 22.4 Å². The fraction of sp³-hybridized carbons (Fsp3) is 0.318. The van der Waals surface area contributed by atoms with Crippen LogP contribution < -0.4 is 15.0 Å². The average Bonchev–Trinajstić information content (AvgIpc) is 3.33. The van der Waals surface area contributed by atoms with E-state index in [0.29, 0.717) is 23.5 Å². The first kappa shape index (κ1) is 18.1. The molecule has 0 radical (unpaired) electrons. The highest BCUT2D eigenvalue weighted by molar-refractivity contribution is 6.04. The number of hydrogen-bond acceptors (Lipinski definition) is 4. The number of aryl methyl sites for hydroxylation is 2. The van der Waals surface area contributed by atoms with Gasteiger partial charge in [0.1, 0.15) is 5.75 Å². The van der Waals surface area contributed by atoms with Gasteiger partial charge in [0.25, 0.3) is 0 Å². The van der Waals surface area contributed by atoms with Crippen molar-refractivity contribution < 1.29 is 14.3 Å².